The summed E-state index contributed by atoms with van der Waals surface area (Å²) in [7, 11) is 0. The molecule has 3 nitrogen and oxygen atoms in total. The van der Waals surface area contributed by atoms with E-state index in [1.165, 1.54) is 6.07 Å². The Labute approximate surface area is 125 Å². The highest BCUT2D eigenvalue weighted by molar-refractivity contribution is 9.10. The summed E-state index contributed by atoms with van der Waals surface area (Å²) in [5.41, 5.74) is 7.26. The van der Waals surface area contributed by atoms with E-state index >= 15 is 0 Å². The van der Waals surface area contributed by atoms with Crippen LogP contribution in [0.4, 0.5) is 10.1 Å². The summed E-state index contributed by atoms with van der Waals surface area (Å²) in [6, 6.07) is 12.5. The minimum atomic E-state index is -0.547. The van der Waals surface area contributed by atoms with E-state index in [2.05, 4.69) is 21.2 Å². The van der Waals surface area contributed by atoms with Gasteiger partial charge >= 0.3 is 0 Å². The van der Waals surface area contributed by atoms with Crippen LogP contribution in [-0.2, 0) is 17.8 Å². The first-order valence-electron chi connectivity index (χ1n) is 6.09. The van der Waals surface area contributed by atoms with Gasteiger partial charge in [0.2, 0.25) is 5.91 Å². The van der Waals surface area contributed by atoms with E-state index in [-0.39, 0.29) is 6.42 Å². The molecule has 1 amide bonds. The van der Waals surface area contributed by atoms with Crippen LogP contribution < -0.4 is 11.1 Å². The smallest absolute Gasteiger partial charge is 0.221 e. The lowest BCUT2D eigenvalue weighted by Crippen LogP contribution is -2.14. The number of nitrogens with two attached hydrogens (primary N) is 1. The van der Waals surface area contributed by atoms with Crippen molar-refractivity contribution in [2.75, 3.05) is 5.32 Å². The Hall–Kier alpha value is -1.88. The second kappa shape index (κ2) is 6.52. The van der Waals surface area contributed by atoms with Gasteiger partial charge in [0.05, 0.1) is 6.42 Å². The fourth-order valence-electron chi connectivity index (χ4n) is 1.81. The van der Waals surface area contributed by atoms with E-state index in [1.54, 1.807) is 12.1 Å². The molecule has 0 atom stereocenters. The first-order chi connectivity index (χ1) is 9.54. The normalized spacial score (nSPS) is 10.3. The van der Waals surface area contributed by atoms with Crippen LogP contribution in [0.3, 0.4) is 0 Å². The minimum absolute atomic E-state index is 0.0976. The minimum Gasteiger partial charge on any atom is -0.381 e. The molecule has 0 fully saturated rings. The molecule has 3 N–H and O–H groups in total. The Morgan fingerprint density at radius 2 is 1.90 bits per heavy atom. The highest BCUT2D eigenvalue weighted by Gasteiger charge is 2.06. The number of nitrogens with one attached hydrogen (secondary N) is 1. The van der Waals surface area contributed by atoms with Gasteiger partial charge in [-0.05, 0) is 41.5 Å². The second-order valence-corrected chi connectivity index (χ2v) is 5.34. The average Bonchev–Trinajstić information content (AvgIpc) is 2.41. The number of hydrogen-bond donors (Lipinski definition) is 2. The largest absolute Gasteiger partial charge is 0.381 e. The van der Waals surface area contributed by atoms with Gasteiger partial charge in [-0.15, -0.1) is 0 Å². The number of rotatable bonds is 5. The van der Waals surface area contributed by atoms with Gasteiger partial charge in [0.25, 0.3) is 0 Å². The van der Waals surface area contributed by atoms with Crippen molar-refractivity contribution in [1.29, 1.82) is 0 Å². The standard InChI is InChI=1S/C15H14BrFN2O/c16-12-3-1-10(2-4-12)9-19-13-5-6-14(17)11(7-13)8-15(18)20/h1-7,19H,8-9H2,(H2,18,20). The number of anilines is 1. The summed E-state index contributed by atoms with van der Waals surface area (Å²) in [5, 5.41) is 3.19. The van der Waals surface area contributed by atoms with Crippen molar-refractivity contribution in [3.63, 3.8) is 0 Å². The number of hydrogen-bond acceptors (Lipinski definition) is 2. The van der Waals surface area contributed by atoms with Crippen molar-refractivity contribution in [3.8, 4) is 0 Å². The van der Waals surface area contributed by atoms with Crippen LogP contribution in [0.5, 0.6) is 0 Å². The second-order valence-electron chi connectivity index (χ2n) is 4.43. The van der Waals surface area contributed by atoms with Gasteiger partial charge in [-0.25, -0.2) is 4.39 Å². The van der Waals surface area contributed by atoms with E-state index in [9.17, 15) is 9.18 Å². The summed E-state index contributed by atoms with van der Waals surface area (Å²) < 4.78 is 14.5. The summed E-state index contributed by atoms with van der Waals surface area (Å²) in [6.45, 7) is 0.620. The van der Waals surface area contributed by atoms with Gasteiger partial charge in [-0.3, -0.25) is 4.79 Å². The van der Waals surface area contributed by atoms with Crippen molar-refractivity contribution < 1.29 is 9.18 Å². The monoisotopic (exact) mass is 336 g/mol. The molecule has 0 unspecified atom stereocenters. The Kier molecular flexibility index (Phi) is 4.74. The lowest BCUT2D eigenvalue weighted by molar-refractivity contribution is -0.117. The van der Waals surface area contributed by atoms with Crippen LogP contribution in [0.25, 0.3) is 0 Å². The number of halogens is 2. The van der Waals surface area contributed by atoms with Crippen molar-refractivity contribution in [2.45, 2.75) is 13.0 Å². The quantitative estimate of drug-likeness (QED) is 0.880. The lowest BCUT2D eigenvalue weighted by Gasteiger charge is -2.09. The van der Waals surface area contributed by atoms with Gasteiger partial charge in [-0.1, -0.05) is 28.1 Å². The molecule has 2 rings (SSSR count). The Balaban J connectivity index is 2.06. The molecule has 0 spiro atoms. The molecule has 20 heavy (non-hydrogen) atoms. The van der Waals surface area contributed by atoms with Crippen molar-refractivity contribution in [1.82, 2.24) is 0 Å². The SMILES string of the molecule is NC(=O)Cc1cc(NCc2ccc(Br)cc2)ccc1F. The Bertz CT molecular complexity index is 614. The third-order valence-electron chi connectivity index (χ3n) is 2.82. The molecule has 2 aromatic carbocycles. The van der Waals surface area contributed by atoms with Crippen LogP contribution in [0.2, 0.25) is 0 Å². The zero-order valence-corrected chi connectivity index (χ0v) is 12.3. The van der Waals surface area contributed by atoms with E-state index in [4.69, 9.17) is 5.73 Å². The molecule has 0 bridgehead atoms. The zero-order valence-electron chi connectivity index (χ0n) is 10.7. The van der Waals surface area contributed by atoms with Crippen LogP contribution >= 0.6 is 15.9 Å². The number of amides is 1. The van der Waals surface area contributed by atoms with E-state index < -0.39 is 11.7 Å². The van der Waals surface area contributed by atoms with Crippen LogP contribution in [0.15, 0.2) is 46.9 Å². The number of primary amides is 1. The van der Waals surface area contributed by atoms with Gasteiger partial charge < -0.3 is 11.1 Å². The zero-order chi connectivity index (χ0) is 14.5. The molecule has 0 saturated heterocycles. The lowest BCUT2D eigenvalue weighted by atomic mass is 10.1. The van der Waals surface area contributed by atoms with Crippen LogP contribution in [0, 0.1) is 5.82 Å². The highest BCUT2D eigenvalue weighted by Crippen LogP contribution is 2.17. The maximum atomic E-state index is 13.5. The van der Waals surface area contributed by atoms with Crippen molar-refractivity contribution in [2.24, 2.45) is 5.73 Å². The van der Waals surface area contributed by atoms with E-state index in [1.807, 2.05) is 24.3 Å². The maximum absolute atomic E-state index is 13.5. The predicted octanol–water partition coefficient (Wildman–Crippen LogP) is 3.23. The number of carbonyl (C=O) groups is 1. The van der Waals surface area contributed by atoms with Crippen molar-refractivity contribution >= 4 is 27.5 Å². The third-order valence-corrected chi connectivity index (χ3v) is 3.35. The molecule has 104 valence electrons. The van der Waals surface area contributed by atoms with Gasteiger partial charge in [0.1, 0.15) is 5.82 Å². The van der Waals surface area contributed by atoms with E-state index in [0.29, 0.717) is 12.1 Å². The predicted molar refractivity (Wildman–Crippen MR) is 80.8 cm³/mol. The van der Waals surface area contributed by atoms with Crippen molar-refractivity contribution in [3.05, 3.63) is 63.9 Å². The maximum Gasteiger partial charge on any atom is 0.221 e. The molecular weight excluding hydrogens is 323 g/mol. The molecular formula is C15H14BrFN2O. The molecule has 0 aliphatic heterocycles. The fraction of sp³-hybridized carbons (Fsp3) is 0.133. The third kappa shape index (κ3) is 4.06. The molecule has 5 heteroatoms. The Morgan fingerprint density at radius 3 is 2.55 bits per heavy atom. The van der Waals surface area contributed by atoms with Gasteiger partial charge in [0.15, 0.2) is 0 Å². The molecule has 0 aliphatic carbocycles. The highest BCUT2D eigenvalue weighted by atomic mass is 79.9. The van der Waals surface area contributed by atoms with Crippen LogP contribution in [-0.4, -0.2) is 5.91 Å². The number of carbonyl (C=O) groups excluding carboxylic acids is 1. The van der Waals surface area contributed by atoms with Crippen LogP contribution in [0.1, 0.15) is 11.1 Å². The summed E-state index contributed by atoms with van der Waals surface area (Å²) >= 11 is 3.38. The number of benzene rings is 2. The molecule has 0 saturated carbocycles. The van der Waals surface area contributed by atoms with Gasteiger partial charge in [-0.2, -0.15) is 0 Å². The Morgan fingerprint density at radius 1 is 1.20 bits per heavy atom. The summed E-state index contributed by atoms with van der Waals surface area (Å²) in [6.07, 6.45) is -0.0976. The molecule has 2 aromatic rings. The topological polar surface area (TPSA) is 55.1 Å². The molecule has 0 aromatic heterocycles. The summed E-state index contributed by atoms with van der Waals surface area (Å²) in [4.78, 5) is 10.9. The average molecular weight is 337 g/mol. The van der Waals surface area contributed by atoms with E-state index in [0.717, 1.165) is 15.7 Å². The first kappa shape index (κ1) is 14.5. The fourth-order valence-corrected chi connectivity index (χ4v) is 2.08. The summed E-state index contributed by atoms with van der Waals surface area (Å²) in [5.74, 6) is -0.966. The molecule has 0 heterocycles. The molecule has 0 radical (unpaired) electrons. The first-order valence-corrected chi connectivity index (χ1v) is 6.89. The molecule has 0 aliphatic rings. The van der Waals surface area contributed by atoms with Gasteiger partial charge in [0, 0.05) is 16.7 Å².